The van der Waals surface area contributed by atoms with Crippen molar-refractivity contribution < 1.29 is 4.74 Å². The first-order valence-corrected chi connectivity index (χ1v) is 7.30. The summed E-state index contributed by atoms with van der Waals surface area (Å²) in [5.74, 6) is 0.679. The van der Waals surface area contributed by atoms with Crippen molar-refractivity contribution in [2.45, 2.75) is 19.3 Å². The predicted octanol–water partition coefficient (Wildman–Crippen LogP) is 3.95. The van der Waals surface area contributed by atoms with Gasteiger partial charge in [0.05, 0.1) is 10.6 Å². The molecule has 108 valence electrons. The Kier molecular flexibility index (Phi) is 3.74. The summed E-state index contributed by atoms with van der Waals surface area (Å²) in [4.78, 5) is 4.50. The summed E-state index contributed by atoms with van der Waals surface area (Å²) < 4.78 is 5.76. The lowest BCUT2D eigenvalue weighted by Crippen LogP contribution is -2.14. The van der Waals surface area contributed by atoms with E-state index in [1.54, 1.807) is 18.2 Å². The molecule has 0 spiro atoms. The Morgan fingerprint density at radius 2 is 2.05 bits per heavy atom. The summed E-state index contributed by atoms with van der Waals surface area (Å²) >= 11 is 12.0. The molecular formula is C15H13Cl2N3O. The average Bonchev–Trinajstić information content (AvgIpc) is 2.88. The van der Waals surface area contributed by atoms with Gasteiger partial charge in [-0.3, -0.25) is 5.41 Å². The molecule has 0 bridgehead atoms. The Balaban J connectivity index is 2.03. The molecule has 0 unspecified atom stereocenters. The van der Waals surface area contributed by atoms with Crippen molar-refractivity contribution in [3.63, 3.8) is 0 Å². The SMILES string of the molecule is N=C(N)c1cc2c(nc1Oc1ccc(Cl)cc1Cl)CCC2. The monoisotopic (exact) mass is 321 g/mol. The zero-order chi connectivity index (χ0) is 15.0. The van der Waals surface area contributed by atoms with Crippen molar-refractivity contribution in [2.24, 2.45) is 5.73 Å². The topological polar surface area (TPSA) is 72.0 Å². The fourth-order valence-corrected chi connectivity index (χ4v) is 2.83. The lowest BCUT2D eigenvalue weighted by molar-refractivity contribution is 0.460. The maximum Gasteiger partial charge on any atom is 0.230 e. The van der Waals surface area contributed by atoms with E-state index in [1.165, 1.54) is 0 Å². The van der Waals surface area contributed by atoms with E-state index in [0.717, 1.165) is 30.5 Å². The molecule has 1 aromatic heterocycles. The second-order valence-corrected chi connectivity index (χ2v) is 5.73. The first kappa shape index (κ1) is 14.2. The van der Waals surface area contributed by atoms with Crippen LogP contribution in [0, 0.1) is 5.41 Å². The number of fused-ring (bicyclic) bond motifs is 1. The molecule has 0 atom stereocenters. The third-order valence-electron chi connectivity index (χ3n) is 3.41. The van der Waals surface area contributed by atoms with Gasteiger partial charge in [0, 0.05) is 10.7 Å². The molecule has 1 heterocycles. The van der Waals surface area contributed by atoms with Crippen LogP contribution in [0.4, 0.5) is 0 Å². The summed E-state index contributed by atoms with van der Waals surface area (Å²) in [6.07, 6.45) is 2.94. The Morgan fingerprint density at radius 3 is 2.76 bits per heavy atom. The smallest absolute Gasteiger partial charge is 0.230 e. The molecule has 0 saturated heterocycles. The number of hydrogen-bond donors (Lipinski definition) is 2. The van der Waals surface area contributed by atoms with E-state index in [-0.39, 0.29) is 5.84 Å². The second kappa shape index (κ2) is 5.54. The third kappa shape index (κ3) is 2.82. The van der Waals surface area contributed by atoms with Crippen LogP contribution in [0.1, 0.15) is 23.2 Å². The van der Waals surface area contributed by atoms with Gasteiger partial charge in [0.25, 0.3) is 0 Å². The van der Waals surface area contributed by atoms with Gasteiger partial charge in [-0.05, 0) is 49.1 Å². The molecule has 0 saturated carbocycles. The van der Waals surface area contributed by atoms with Gasteiger partial charge < -0.3 is 10.5 Å². The standard InChI is InChI=1S/C15H13Cl2N3O/c16-9-4-5-13(11(17)7-9)21-15-10(14(18)19)6-8-2-1-3-12(8)20-15/h4-7H,1-3H2,(H3,18,19). The molecule has 1 aliphatic carbocycles. The van der Waals surface area contributed by atoms with Gasteiger partial charge in [-0.1, -0.05) is 23.2 Å². The fourth-order valence-electron chi connectivity index (χ4n) is 2.39. The van der Waals surface area contributed by atoms with Gasteiger partial charge in [-0.15, -0.1) is 0 Å². The minimum Gasteiger partial charge on any atom is -0.437 e. The van der Waals surface area contributed by atoms with Crippen molar-refractivity contribution in [1.29, 1.82) is 5.41 Å². The zero-order valence-corrected chi connectivity index (χ0v) is 12.6. The summed E-state index contributed by atoms with van der Waals surface area (Å²) in [5, 5.41) is 8.61. The van der Waals surface area contributed by atoms with E-state index in [4.69, 9.17) is 39.1 Å². The highest BCUT2D eigenvalue weighted by molar-refractivity contribution is 6.35. The van der Waals surface area contributed by atoms with Crippen LogP contribution in [0.3, 0.4) is 0 Å². The summed E-state index contributed by atoms with van der Waals surface area (Å²) in [7, 11) is 0. The van der Waals surface area contributed by atoms with Crippen LogP contribution in [-0.4, -0.2) is 10.8 Å². The fraction of sp³-hybridized carbons (Fsp3) is 0.200. The van der Waals surface area contributed by atoms with Crippen molar-refractivity contribution in [3.8, 4) is 11.6 Å². The number of ether oxygens (including phenoxy) is 1. The van der Waals surface area contributed by atoms with Gasteiger partial charge in [0.2, 0.25) is 5.88 Å². The number of benzene rings is 1. The van der Waals surface area contributed by atoms with E-state index < -0.39 is 0 Å². The number of halogens is 2. The molecule has 2 aromatic rings. The van der Waals surface area contributed by atoms with Gasteiger partial charge in [0.15, 0.2) is 0 Å². The molecule has 3 N–H and O–H groups in total. The molecule has 0 amide bonds. The first-order chi connectivity index (χ1) is 10.0. The van der Waals surface area contributed by atoms with E-state index in [9.17, 15) is 0 Å². The van der Waals surface area contributed by atoms with Gasteiger partial charge in [-0.25, -0.2) is 4.98 Å². The van der Waals surface area contributed by atoms with E-state index in [2.05, 4.69) is 4.98 Å². The minimum atomic E-state index is -0.0720. The number of aromatic nitrogens is 1. The van der Waals surface area contributed by atoms with Crippen LogP contribution < -0.4 is 10.5 Å². The van der Waals surface area contributed by atoms with E-state index >= 15 is 0 Å². The first-order valence-electron chi connectivity index (χ1n) is 6.54. The number of amidine groups is 1. The number of nitrogen functional groups attached to an aromatic ring is 1. The quantitative estimate of drug-likeness (QED) is 0.664. The van der Waals surface area contributed by atoms with Crippen LogP contribution in [0.2, 0.25) is 10.0 Å². The second-order valence-electron chi connectivity index (χ2n) is 4.89. The molecule has 0 fully saturated rings. The Morgan fingerprint density at radius 1 is 1.24 bits per heavy atom. The van der Waals surface area contributed by atoms with Crippen LogP contribution >= 0.6 is 23.2 Å². The summed E-state index contributed by atoms with van der Waals surface area (Å²) in [6, 6.07) is 6.84. The highest BCUT2D eigenvalue weighted by Crippen LogP contribution is 2.34. The zero-order valence-electron chi connectivity index (χ0n) is 11.1. The molecule has 1 aromatic carbocycles. The Bertz CT molecular complexity index is 731. The minimum absolute atomic E-state index is 0.0720. The number of nitrogens with two attached hydrogens (primary N) is 1. The van der Waals surface area contributed by atoms with E-state index in [0.29, 0.717) is 27.2 Å². The highest BCUT2D eigenvalue weighted by Gasteiger charge is 2.19. The van der Waals surface area contributed by atoms with Gasteiger partial charge in [0.1, 0.15) is 11.6 Å². The summed E-state index contributed by atoms with van der Waals surface area (Å²) in [6.45, 7) is 0. The third-order valence-corrected chi connectivity index (χ3v) is 3.94. The maximum absolute atomic E-state index is 7.70. The highest BCUT2D eigenvalue weighted by atomic mass is 35.5. The molecule has 6 heteroatoms. The van der Waals surface area contributed by atoms with Gasteiger partial charge >= 0.3 is 0 Å². The molecular weight excluding hydrogens is 309 g/mol. The van der Waals surface area contributed by atoms with Crippen molar-refractivity contribution in [1.82, 2.24) is 4.98 Å². The van der Waals surface area contributed by atoms with Crippen molar-refractivity contribution in [3.05, 3.63) is 51.1 Å². The number of hydrogen-bond acceptors (Lipinski definition) is 3. The van der Waals surface area contributed by atoms with Crippen LogP contribution in [0.5, 0.6) is 11.6 Å². The predicted molar refractivity (Wildman–Crippen MR) is 83.8 cm³/mol. The van der Waals surface area contributed by atoms with Crippen molar-refractivity contribution in [2.75, 3.05) is 0 Å². The average molecular weight is 322 g/mol. The number of nitrogens with zero attached hydrogens (tertiary/aromatic N) is 1. The summed E-state index contributed by atoms with van der Waals surface area (Å²) in [5.41, 5.74) is 8.26. The largest absolute Gasteiger partial charge is 0.437 e. The lowest BCUT2D eigenvalue weighted by Gasteiger charge is -2.12. The van der Waals surface area contributed by atoms with E-state index in [1.807, 2.05) is 6.07 Å². The van der Waals surface area contributed by atoms with Crippen molar-refractivity contribution >= 4 is 29.0 Å². The van der Waals surface area contributed by atoms with Crippen LogP contribution in [0.25, 0.3) is 0 Å². The lowest BCUT2D eigenvalue weighted by atomic mass is 10.1. The number of rotatable bonds is 3. The molecule has 0 radical (unpaired) electrons. The molecule has 3 rings (SSSR count). The number of nitrogens with one attached hydrogen (secondary N) is 1. The molecule has 1 aliphatic rings. The Hall–Kier alpha value is -1.78. The van der Waals surface area contributed by atoms with Crippen LogP contribution in [-0.2, 0) is 12.8 Å². The maximum atomic E-state index is 7.70. The number of aryl methyl sites for hydroxylation is 2. The Labute approximate surface area is 132 Å². The molecule has 21 heavy (non-hydrogen) atoms. The van der Waals surface area contributed by atoms with Gasteiger partial charge in [-0.2, -0.15) is 0 Å². The number of pyridine rings is 1. The molecule has 0 aliphatic heterocycles. The normalized spacial score (nSPS) is 13.0. The van der Waals surface area contributed by atoms with Crippen LogP contribution in [0.15, 0.2) is 24.3 Å². The molecule has 4 nitrogen and oxygen atoms in total.